The van der Waals surface area contributed by atoms with Crippen LogP contribution < -0.4 is 4.74 Å². The molecular formula is C54H34O. The van der Waals surface area contributed by atoms with Gasteiger partial charge in [-0.05, 0) is 95.7 Å². The Bertz CT molecular complexity index is 2970. The van der Waals surface area contributed by atoms with E-state index in [-0.39, 0.29) is 0 Å². The number of para-hydroxylation sites is 1. The van der Waals surface area contributed by atoms with Crippen molar-refractivity contribution in [1.82, 2.24) is 0 Å². The van der Waals surface area contributed by atoms with Crippen LogP contribution >= 0.6 is 0 Å². The van der Waals surface area contributed by atoms with Crippen LogP contribution in [0.4, 0.5) is 0 Å². The first-order chi connectivity index (χ1) is 27.3. The monoisotopic (exact) mass is 698 g/mol. The Morgan fingerprint density at radius 2 is 0.855 bits per heavy atom. The highest BCUT2D eigenvalue weighted by Gasteiger charge is 2.53. The van der Waals surface area contributed by atoms with E-state index in [1.165, 1.54) is 77.5 Å². The van der Waals surface area contributed by atoms with Gasteiger partial charge in [0, 0.05) is 11.1 Å². The molecular weight excluding hydrogens is 665 g/mol. The molecule has 1 atom stereocenters. The molecule has 55 heavy (non-hydrogen) atoms. The SMILES string of the molecule is c1ccc(C2(c3ccccc3)c3ccccc3Oc3ccc(-c4cccc5c4-c4ccccc4C54c5ccccc5-c5c4ccc4ccccc54)cc32)cc1. The highest BCUT2D eigenvalue weighted by atomic mass is 16.5. The smallest absolute Gasteiger partial charge is 0.132 e. The van der Waals surface area contributed by atoms with Crippen molar-refractivity contribution < 1.29 is 4.74 Å². The third kappa shape index (κ3) is 3.87. The van der Waals surface area contributed by atoms with Crippen LogP contribution in [0.15, 0.2) is 206 Å². The summed E-state index contributed by atoms with van der Waals surface area (Å²) in [6.07, 6.45) is 0. The van der Waals surface area contributed by atoms with E-state index >= 15 is 0 Å². The van der Waals surface area contributed by atoms with Gasteiger partial charge >= 0.3 is 0 Å². The Hall–Kier alpha value is -6.96. The van der Waals surface area contributed by atoms with Crippen LogP contribution in [0.2, 0.25) is 0 Å². The highest BCUT2D eigenvalue weighted by molar-refractivity contribution is 6.07. The lowest BCUT2D eigenvalue weighted by Gasteiger charge is -2.41. The Balaban J connectivity index is 1.16. The first-order valence-electron chi connectivity index (χ1n) is 19.2. The quantitative estimate of drug-likeness (QED) is 0.178. The molecule has 3 aliphatic rings. The lowest BCUT2D eigenvalue weighted by atomic mass is 9.63. The van der Waals surface area contributed by atoms with Gasteiger partial charge in [0.25, 0.3) is 0 Å². The van der Waals surface area contributed by atoms with Crippen molar-refractivity contribution in [2.75, 3.05) is 0 Å². The zero-order chi connectivity index (χ0) is 36.1. The summed E-state index contributed by atoms with van der Waals surface area (Å²) >= 11 is 0. The average Bonchev–Trinajstić information content (AvgIpc) is 3.74. The Kier molecular flexibility index (Phi) is 6.25. The van der Waals surface area contributed by atoms with Crippen LogP contribution in [0, 0.1) is 0 Å². The van der Waals surface area contributed by atoms with Gasteiger partial charge in [0.15, 0.2) is 0 Å². The van der Waals surface area contributed by atoms with Gasteiger partial charge in [-0.3, -0.25) is 0 Å². The number of hydrogen-bond acceptors (Lipinski definition) is 1. The fourth-order valence-electron chi connectivity index (χ4n) is 10.6. The van der Waals surface area contributed by atoms with Gasteiger partial charge < -0.3 is 4.74 Å². The molecule has 0 saturated heterocycles. The zero-order valence-corrected chi connectivity index (χ0v) is 30.0. The minimum atomic E-state index is -0.593. The van der Waals surface area contributed by atoms with Crippen LogP contribution in [-0.4, -0.2) is 0 Å². The summed E-state index contributed by atoms with van der Waals surface area (Å²) in [6.45, 7) is 0. The fourth-order valence-corrected chi connectivity index (χ4v) is 10.6. The molecule has 9 aromatic rings. The molecule has 0 fully saturated rings. The van der Waals surface area contributed by atoms with E-state index in [1.54, 1.807) is 0 Å². The van der Waals surface area contributed by atoms with Crippen LogP contribution in [0.25, 0.3) is 44.2 Å². The first-order valence-corrected chi connectivity index (χ1v) is 19.2. The van der Waals surface area contributed by atoms with Gasteiger partial charge in [-0.25, -0.2) is 0 Å². The topological polar surface area (TPSA) is 9.23 Å². The van der Waals surface area contributed by atoms with E-state index in [1.807, 2.05) is 0 Å². The predicted octanol–water partition coefficient (Wildman–Crippen LogP) is 13.3. The summed E-state index contributed by atoms with van der Waals surface area (Å²) in [5.41, 5.74) is 16.7. The van der Waals surface area contributed by atoms with Gasteiger partial charge in [0.05, 0.1) is 10.8 Å². The van der Waals surface area contributed by atoms with Gasteiger partial charge in [-0.1, -0.05) is 188 Å². The standard InChI is InChI=1S/C54H34O/c1-3-17-37(18-4-1)53(38-19-5-2-6-20-38)45-27-13-14-29-49(45)55-50-33-31-36(34-48(50)53)40-24-15-28-46-52(40)42-23-10-12-26-44(42)54(46)43-25-11-9-22-41(43)51-39-21-8-7-16-35(39)30-32-47(51)54/h1-34H. The van der Waals surface area contributed by atoms with Crippen molar-refractivity contribution in [2.24, 2.45) is 0 Å². The minimum absolute atomic E-state index is 0.439. The van der Waals surface area contributed by atoms with Crippen molar-refractivity contribution in [3.8, 4) is 44.9 Å². The maximum Gasteiger partial charge on any atom is 0.132 e. The molecule has 0 N–H and O–H groups in total. The summed E-state index contributed by atoms with van der Waals surface area (Å²) in [4.78, 5) is 0. The molecule has 0 bridgehead atoms. The van der Waals surface area contributed by atoms with E-state index in [9.17, 15) is 0 Å². The second-order valence-corrected chi connectivity index (χ2v) is 15.1. The molecule has 1 spiro atoms. The molecule has 1 aliphatic heterocycles. The number of rotatable bonds is 3. The van der Waals surface area contributed by atoms with Gasteiger partial charge in [0.2, 0.25) is 0 Å². The van der Waals surface area contributed by atoms with Crippen molar-refractivity contribution in [3.63, 3.8) is 0 Å². The molecule has 1 unspecified atom stereocenters. The van der Waals surface area contributed by atoms with Crippen molar-refractivity contribution in [1.29, 1.82) is 0 Å². The van der Waals surface area contributed by atoms with E-state index in [0.29, 0.717) is 0 Å². The maximum absolute atomic E-state index is 6.80. The van der Waals surface area contributed by atoms with Crippen molar-refractivity contribution >= 4 is 10.8 Å². The third-order valence-corrected chi connectivity index (χ3v) is 12.6. The number of benzene rings is 9. The molecule has 0 amide bonds. The molecule has 12 rings (SSSR count). The molecule has 0 radical (unpaired) electrons. The van der Waals surface area contributed by atoms with Crippen LogP contribution in [-0.2, 0) is 10.8 Å². The molecule has 1 heteroatoms. The number of hydrogen-bond donors (Lipinski definition) is 0. The van der Waals surface area contributed by atoms with Gasteiger partial charge in [0.1, 0.15) is 11.5 Å². The summed E-state index contributed by atoms with van der Waals surface area (Å²) in [6, 6.07) is 76.1. The normalized spacial score (nSPS) is 16.4. The van der Waals surface area contributed by atoms with E-state index < -0.39 is 10.8 Å². The predicted molar refractivity (Wildman–Crippen MR) is 224 cm³/mol. The molecule has 9 aromatic carbocycles. The third-order valence-electron chi connectivity index (χ3n) is 12.6. The van der Waals surface area contributed by atoms with Gasteiger partial charge in [-0.15, -0.1) is 0 Å². The number of fused-ring (bicyclic) bond motifs is 14. The Morgan fingerprint density at radius 1 is 0.309 bits per heavy atom. The summed E-state index contributed by atoms with van der Waals surface area (Å²) in [5, 5.41) is 2.58. The summed E-state index contributed by atoms with van der Waals surface area (Å²) in [7, 11) is 0. The second-order valence-electron chi connectivity index (χ2n) is 15.1. The van der Waals surface area contributed by atoms with Crippen LogP contribution in [0.3, 0.4) is 0 Å². The summed E-state index contributed by atoms with van der Waals surface area (Å²) < 4.78 is 6.80. The zero-order valence-electron chi connectivity index (χ0n) is 30.0. The average molecular weight is 699 g/mol. The molecule has 2 aliphatic carbocycles. The lowest BCUT2D eigenvalue weighted by molar-refractivity contribution is 0.434. The molecule has 1 nitrogen and oxygen atoms in total. The van der Waals surface area contributed by atoms with Crippen molar-refractivity contribution in [3.05, 3.63) is 251 Å². The van der Waals surface area contributed by atoms with E-state index in [2.05, 4.69) is 206 Å². The highest BCUT2D eigenvalue weighted by Crippen LogP contribution is 2.65. The number of ether oxygens (including phenoxy) is 1. The Labute approximate surface area is 320 Å². The van der Waals surface area contributed by atoms with Crippen LogP contribution in [0.5, 0.6) is 11.5 Å². The molecule has 0 aromatic heterocycles. The van der Waals surface area contributed by atoms with Crippen molar-refractivity contribution in [2.45, 2.75) is 10.8 Å². The first kappa shape index (κ1) is 30.5. The van der Waals surface area contributed by atoms with Crippen LogP contribution in [0.1, 0.15) is 44.5 Å². The fraction of sp³-hybridized carbons (Fsp3) is 0.0370. The molecule has 256 valence electrons. The largest absolute Gasteiger partial charge is 0.457 e. The molecule has 1 heterocycles. The maximum atomic E-state index is 6.80. The van der Waals surface area contributed by atoms with E-state index in [0.717, 1.165) is 22.6 Å². The Morgan fingerprint density at radius 3 is 1.60 bits per heavy atom. The van der Waals surface area contributed by atoms with E-state index in [4.69, 9.17) is 4.74 Å². The van der Waals surface area contributed by atoms with Gasteiger partial charge in [-0.2, -0.15) is 0 Å². The molecule has 0 saturated carbocycles. The second kappa shape index (κ2) is 11.3. The summed E-state index contributed by atoms with van der Waals surface area (Å²) in [5.74, 6) is 1.77. The lowest BCUT2D eigenvalue weighted by Crippen LogP contribution is -2.34. The minimum Gasteiger partial charge on any atom is -0.457 e.